The smallest absolute Gasteiger partial charge is 0.471 e. The van der Waals surface area contributed by atoms with Crippen molar-refractivity contribution in [2.75, 3.05) is 0 Å². The Bertz CT molecular complexity index is 526. The number of alkyl halides is 3. The average molecular weight is 301 g/mol. The average Bonchev–Trinajstić information content (AvgIpc) is 3.21. The molecule has 0 aliphatic heterocycles. The first kappa shape index (κ1) is 15.3. The van der Waals surface area contributed by atoms with Gasteiger partial charge in [-0.15, -0.1) is 0 Å². The van der Waals surface area contributed by atoms with Gasteiger partial charge in [-0.05, 0) is 24.3 Å². The number of carboxylic acids is 1. The van der Waals surface area contributed by atoms with Crippen molar-refractivity contribution in [3.63, 3.8) is 0 Å². The van der Waals surface area contributed by atoms with Gasteiger partial charge in [0, 0.05) is 6.54 Å². The molecule has 4 nitrogen and oxygen atoms in total. The number of amides is 1. The van der Waals surface area contributed by atoms with E-state index in [-0.39, 0.29) is 6.54 Å². The Labute approximate surface area is 119 Å². The minimum atomic E-state index is -5.09. The lowest BCUT2D eigenvalue weighted by molar-refractivity contribution is -0.191. The monoisotopic (exact) mass is 301 g/mol. The summed E-state index contributed by atoms with van der Waals surface area (Å²) in [4.78, 5) is 23.3. The maximum atomic E-state index is 12.7. The van der Waals surface area contributed by atoms with Crippen LogP contribution in [-0.4, -0.2) is 34.1 Å². The highest BCUT2D eigenvalue weighted by molar-refractivity contribution is 5.87. The lowest BCUT2D eigenvalue weighted by Crippen LogP contribution is -2.50. The Morgan fingerprint density at radius 3 is 2.24 bits per heavy atom. The number of carbonyl (C=O) groups is 2. The highest BCUT2D eigenvalue weighted by Crippen LogP contribution is 2.37. The molecule has 1 unspecified atom stereocenters. The van der Waals surface area contributed by atoms with Crippen molar-refractivity contribution >= 4 is 11.9 Å². The number of hydrogen-bond donors (Lipinski definition) is 1. The molecule has 0 aromatic heterocycles. The molecule has 1 saturated carbocycles. The summed E-state index contributed by atoms with van der Waals surface area (Å²) in [6.45, 7) is -0.368. The Morgan fingerprint density at radius 1 is 1.24 bits per heavy atom. The molecule has 0 radical (unpaired) electrons. The number of benzene rings is 1. The van der Waals surface area contributed by atoms with Gasteiger partial charge in [-0.1, -0.05) is 30.3 Å². The van der Waals surface area contributed by atoms with E-state index < -0.39 is 30.0 Å². The van der Waals surface area contributed by atoms with Crippen molar-refractivity contribution in [3.05, 3.63) is 35.9 Å². The normalized spacial score (nSPS) is 16.3. The molecule has 1 aliphatic carbocycles. The molecule has 114 valence electrons. The summed E-state index contributed by atoms with van der Waals surface area (Å²) >= 11 is 0. The standard InChI is InChI=1S/C14H14F3NO3/c15-14(16,17)13(21)18(8-9-4-2-1-3-5-9)11(12(19)20)10-6-7-10/h1-5,10-11H,6-8H2,(H,19,20). The maximum Gasteiger partial charge on any atom is 0.471 e. The Morgan fingerprint density at radius 2 is 1.81 bits per heavy atom. The fraction of sp³-hybridized carbons (Fsp3) is 0.429. The summed E-state index contributed by atoms with van der Waals surface area (Å²) in [7, 11) is 0. The summed E-state index contributed by atoms with van der Waals surface area (Å²) in [5.74, 6) is -3.91. The molecule has 0 heterocycles. The van der Waals surface area contributed by atoms with Crippen LogP contribution in [0.2, 0.25) is 0 Å². The molecule has 1 aromatic carbocycles. The summed E-state index contributed by atoms with van der Waals surface area (Å²) in [5, 5.41) is 9.19. The van der Waals surface area contributed by atoms with Gasteiger partial charge in [-0.2, -0.15) is 13.2 Å². The van der Waals surface area contributed by atoms with Gasteiger partial charge in [0.25, 0.3) is 0 Å². The van der Waals surface area contributed by atoms with E-state index in [2.05, 4.69) is 0 Å². The molecular formula is C14H14F3NO3. The summed E-state index contributed by atoms with van der Waals surface area (Å²) in [6, 6.07) is 6.62. The molecule has 1 aliphatic rings. The van der Waals surface area contributed by atoms with E-state index >= 15 is 0 Å². The maximum absolute atomic E-state index is 12.7. The minimum absolute atomic E-state index is 0.368. The molecule has 21 heavy (non-hydrogen) atoms. The molecule has 1 aromatic rings. The largest absolute Gasteiger partial charge is 0.480 e. The highest BCUT2D eigenvalue weighted by atomic mass is 19.4. The van der Waals surface area contributed by atoms with Gasteiger partial charge >= 0.3 is 18.1 Å². The zero-order valence-electron chi connectivity index (χ0n) is 11.0. The second kappa shape index (κ2) is 5.75. The summed E-state index contributed by atoms with van der Waals surface area (Å²) < 4.78 is 38.2. The van der Waals surface area contributed by atoms with Crippen molar-refractivity contribution in [2.45, 2.75) is 31.6 Å². The van der Waals surface area contributed by atoms with Crippen LogP contribution in [0, 0.1) is 5.92 Å². The molecular weight excluding hydrogens is 287 g/mol. The number of nitrogens with zero attached hydrogens (tertiary/aromatic N) is 1. The van der Waals surface area contributed by atoms with E-state index in [0.717, 1.165) is 0 Å². The first-order valence-corrected chi connectivity index (χ1v) is 6.45. The Balaban J connectivity index is 2.29. The number of halogens is 3. The van der Waals surface area contributed by atoms with Gasteiger partial charge in [0.2, 0.25) is 0 Å². The Kier molecular flexibility index (Phi) is 4.20. The molecule has 1 fully saturated rings. The molecule has 1 N–H and O–H groups in total. The van der Waals surface area contributed by atoms with Crippen molar-refractivity contribution in [1.82, 2.24) is 4.90 Å². The van der Waals surface area contributed by atoms with Crippen molar-refractivity contribution in [2.24, 2.45) is 5.92 Å². The van der Waals surface area contributed by atoms with E-state index in [1.54, 1.807) is 30.3 Å². The van der Waals surface area contributed by atoms with Crippen molar-refractivity contribution < 1.29 is 27.9 Å². The number of aliphatic carboxylic acids is 1. The number of carboxylic acid groups (broad SMARTS) is 1. The first-order chi connectivity index (χ1) is 9.80. The Hall–Kier alpha value is -2.05. The van der Waals surface area contributed by atoms with Gasteiger partial charge in [-0.25, -0.2) is 4.79 Å². The zero-order valence-corrected chi connectivity index (χ0v) is 11.0. The van der Waals surface area contributed by atoms with E-state index in [4.69, 9.17) is 0 Å². The number of rotatable bonds is 5. The molecule has 0 bridgehead atoms. The summed E-state index contributed by atoms with van der Waals surface area (Å²) in [5.41, 5.74) is 0.460. The van der Waals surface area contributed by atoms with E-state index in [0.29, 0.717) is 23.3 Å². The molecule has 0 saturated heterocycles. The third-order valence-electron chi connectivity index (χ3n) is 3.36. The fourth-order valence-corrected chi connectivity index (χ4v) is 2.24. The molecule has 1 amide bonds. The third-order valence-corrected chi connectivity index (χ3v) is 3.36. The van der Waals surface area contributed by atoms with E-state index in [1.165, 1.54) is 0 Å². The van der Waals surface area contributed by atoms with Gasteiger partial charge in [0.1, 0.15) is 6.04 Å². The molecule has 1 atom stereocenters. The van der Waals surface area contributed by atoms with Crippen LogP contribution in [0.5, 0.6) is 0 Å². The number of hydrogen-bond acceptors (Lipinski definition) is 2. The topological polar surface area (TPSA) is 57.6 Å². The fourth-order valence-electron chi connectivity index (χ4n) is 2.24. The molecule has 2 rings (SSSR count). The molecule has 0 spiro atoms. The van der Waals surface area contributed by atoms with Crippen LogP contribution >= 0.6 is 0 Å². The lowest BCUT2D eigenvalue weighted by atomic mass is 10.1. The van der Waals surface area contributed by atoms with Gasteiger partial charge in [0.15, 0.2) is 0 Å². The van der Waals surface area contributed by atoms with E-state index in [9.17, 15) is 27.9 Å². The second-order valence-corrected chi connectivity index (χ2v) is 5.04. The van der Waals surface area contributed by atoms with E-state index in [1.807, 2.05) is 0 Å². The SMILES string of the molecule is O=C(O)C(C1CC1)N(Cc1ccccc1)C(=O)C(F)(F)F. The van der Waals surface area contributed by atoms with Crippen LogP contribution in [0.15, 0.2) is 30.3 Å². The van der Waals surface area contributed by atoms with Crippen molar-refractivity contribution in [1.29, 1.82) is 0 Å². The van der Waals surface area contributed by atoms with Crippen LogP contribution in [0.1, 0.15) is 18.4 Å². The van der Waals surface area contributed by atoms with Crippen LogP contribution < -0.4 is 0 Å². The second-order valence-electron chi connectivity index (χ2n) is 5.04. The van der Waals surface area contributed by atoms with Crippen LogP contribution in [0.3, 0.4) is 0 Å². The van der Waals surface area contributed by atoms with Crippen LogP contribution in [0.25, 0.3) is 0 Å². The van der Waals surface area contributed by atoms with Crippen molar-refractivity contribution in [3.8, 4) is 0 Å². The molecule has 7 heteroatoms. The van der Waals surface area contributed by atoms with Gasteiger partial charge in [-0.3, -0.25) is 4.79 Å². The van der Waals surface area contributed by atoms with Gasteiger partial charge < -0.3 is 10.0 Å². The highest BCUT2D eigenvalue weighted by Gasteiger charge is 2.50. The lowest BCUT2D eigenvalue weighted by Gasteiger charge is -2.29. The predicted molar refractivity (Wildman–Crippen MR) is 67.2 cm³/mol. The van der Waals surface area contributed by atoms with Crippen LogP contribution in [-0.2, 0) is 16.1 Å². The van der Waals surface area contributed by atoms with Crippen LogP contribution in [0.4, 0.5) is 13.2 Å². The third kappa shape index (κ3) is 3.74. The summed E-state index contributed by atoms with van der Waals surface area (Å²) in [6.07, 6.45) is -4.04. The zero-order chi connectivity index (χ0) is 15.6. The number of carbonyl (C=O) groups excluding carboxylic acids is 1. The van der Waals surface area contributed by atoms with Gasteiger partial charge in [0.05, 0.1) is 0 Å². The first-order valence-electron chi connectivity index (χ1n) is 6.45. The minimum Gasteiger partial charge on any atom is -0.480 e. The predicted octanol–water partition coefficient (Wildman–Crippen LogP) is 2.44. The quantitative estimate of drug-likeness (QED) is 0.909.